The predicted octanol–water partition coefficient (Wildman–Crippen LogP) is 5.86. The zero-order chi connectivity index (χ0) is 22.7. The fraction of sp³-hybridized carbons (Fsp3) is 0.0833. The molecule has 0 spiro atoms. The summed E-state index contributed by atoms with van der Waals surface area (Å²) in [6.07, 6.45) is 1.63. The lowest BCUT2D eigenvalue weighted by Crippen LogP contribution is -2.30. The Morgan fingerprint density at radius 3 is 2.38 bits per heavy atom. The van der Waals surface area contributed by atoms with E-state index in [0.29, 0.717) is 12.2 Å². The number of hydrogen-bond donors (Lipinski definition) is 1. The average Bonchev–Trinajstić information content (AvgIpc) is 3.03. The second kappa shape index (κ2) is 9.83. The molecular formula is C24H17BrFIN2O3. The highest BCUT2D eigenvalue weighted by Crippen LogP contribution is 2.25. The number of amides is 3. The van der Waals surface area contributed by atoms with Crippen LogP contribution >= 0.6 is 38.5 Å². The van der Waals surface area contributed by atoms with Crippen LogP contribution in [0.4, 0.5) is 9.18 Å². The van der Waals surface area contributed by atoms with Crippen LogP contribution in [-0.4, -0.2) is 16.8 Å². The minimum atomic E-state index is -0.505. The van der Waals surface area contributed by atoms with Gasteiger partial charge in [-0.25, -0.2) is 9.18 Å². The number of halogens is 3. The van der Waals surface area contributed by atoms with Crippen molar-refractivity contribution in [1.82, 2.24) is 10.2 Å². The number of ether oxygens (including phenoxy) is 1. The lowest BCUT2D eigenvalue weighted by atomic mass is 10.1. The van der Waals surface area contributed by atoms with Crippen molar-refractivity contribution in [3.05, 3.63) is 103 Å². The van der Waals surface area contributed by atoms with Crippen LogP contribution in [0.15, 0.2) is 76.9 Å². The molecule has 1 aliphatic heterocycles. The van der Waals surface area contributed by atoms with Gasteiger partial charge in [-0.2, -0.15) is 0 Å². The molecule has 0 saturated carbocycles. The number of carbonyl (C=O) groups is 2. The Hall–Kier alpha value is -2.72. The van der Waals surface area contributed by atoms with E-state index in [1.807, 2.05) is 42.5 Å². The SMILES string of the molecule is O=C1N/C(=C/c2ccc(OCc3ccc(Br)cc3)c(I)c2)C(=O)N1Cc1ccc(F)cc1. The number of carbonyl (C=O) groups excluding carboxylic acids is 2. The van der Waals surface area contributed by atoms with E-state index in [4.69, 9.17) is 4.74 Å². The smallest absolute Gasteiger partial charge is 0.329 e. The standard InChI is InChI=1S/C24H17BrFIN2O3/c25-18-6-1-16(2-7-18)14-32-22-10-5-17(11-20(22)27)12-21-23(30)29(24(31)28-21)13-15-3-8-19(26)9-4-15/h1-12H,13-14H2,(H,28,31)/b21-12+. The summed E-state index contributed by atoms with van der Waals surface area (Å²) in [5.41, 5.74) is 2.67. The monoisotopic (exact) mass is 606 g/mol. The maximum Gasteiger partial charge on any atom is 0.329 e. The van der Waals surface area contributed by atoms with Crippen molar-refractivity contribution in [2.75, 3.05) is 0 Å². The first-order valence-electron chi connectivity index (χ1n) is 9.65. The number of urea groups is 1. The molecule has 0 atom stereocenters. The Kier molecular flexibility index (Phi) is 6.90. The molecule has 3 aromatic carbocycles. The summed E-state index contributed by atoms with van der Waals surface area (Å²) < 4.78 is 20.9. The van der Waals surface area contributed by atoms with Crippen LogP contribution < -0.4 is 10.1 Å². The second-order valence-electron chi connectivity index (χ2n) is 7.11. The van der Waals surface area contributed by atoms with Crippen molar-refractivity contribution >= 4 is 56.5 Å². The molecule has 1 N–H and O–H groups in total. The van der Waals surface area contributed by atoms with Gasteiger partial charge < -0.3 is 10.1 Å². The van der Waals surface area contributed by atoms with Crippen molar-refractivity contribution in [3.8, 4) is 5.75 Å². The number of nitrogens with one attached hydrogen (secondary N) is 1. The van der Waals surface area contributed by atoms with Gasteiger partial charge in [0.2, 0.25) is 0 Å². The van der Waals surface area contributed by atoms with Crippen molar-refractivity contribution in [3.63, 3.8) is 0 Å². The van der Waals surface area contributed by atoms with E-state index in [1.165, 1.54) is 12.1 Å². The zero-order valence-electron chi connectivity index (χ0n) is 16.6. The number of nitrogens with zero attached hydrogens (tertiary/aromatic N) is 1. The first kappa shape index (κ1) is 22.5. The van der Waals surface area contributed by atoms with Gasteiger partial charge in [-0.05, 0) is 81.8 Å². The molecule has 4 rings (SSSR count). The third-order valence-electron chi connectivity index (χ3n) is 4.79. The average molecular weight is 607 g/mol. The van der Waals surface area contributed by atoms with Gasteiger partial charge in [0, 0.05) is 4.47 Å². The Morgan fingerprint density at radius 2 is 1.69 bits per heavy atom. The first-order valence-corrected chi connectivity index (χ1v) is 11.5. The van der Waals surface area contributed by atoms with Gasteiger partial charge >= 0.3 is 6.03 Å². The fourth-order valence-electron chi connectivity index (χ4n) is 3.12. The molecule has 0 radical (unpaired) electrons. The molecule has 1 fully saturated rings. The van der Waals surface area contributed by atoms with E-state index >= 15 is 0 Å². The van der Waals surface area contributed by atoms with Crippen LogP contribution in [0.1, 0.15) is 16.7 Å². The predicted molar refractivity (Wildman–Crippen MR) is 131 cm³/mol. The van der Waals surface area contributed by atoms with E-state index in [-0.39, 0.29) is 18.1 Å². The van der Waals surface area contributed by atoms with Gasteiger partial charge in [0.25, 0.3) is 5.91 Å². The highest BCUT2D eigenvalue weighted by molar-refractivity contribution is 14.1. The van der Waals surface area contributed by atoms with E-state index in [2.05, 4.69) is 43.8 Å². The van der Waals surface area contributed by atoms with Gasteiger partial charge in [0.1, 0.15) is 23.9 Å². The van der Waals surface area contributed by atoms with Crippen LogP contribution in [0.3, 0.4) is 0 Å². The lowest BCUT2D eigenvalue weighted by molar-refractivity contribution is -0.123. The van der Waals surface area contributed by atoms with Gasteiger partial charge in [-0.1, -0.05) is 46.3 Å². The summed E-state index contributed by atoms with van der Waals surface area (Å²) in [4.78, 5) is 26.1. The zero-order valence-corrected chi connectivity index (χ0v) is 20.4. The van der Waals surface area contributed by atoms with Crippen molar-refractivity contribution < 1.29 is 18.7 Å². The summed E-state index contributed by atoms with van der Waals surface area (Å²) in [5.74, 6) is -0.0642. The van der Waals surface area contributed by atoms with Crippen LogP contribution in [0.5, 0.6) is 5.75 Å². The molecule has 3 aromatic rings. The third-order valence-corrected chi connectivity index (χ3v) is 6.16. The number of rotatable bonds is 6. The molecule has 162 valence electrons. The van der Waals surface area contributed by atoms with E-state index < -0.39 is 11.9 Å². The Bertz CT molecular complexity index is 1200. The number of benzene rings is 3. The Morgan fingerprint density at radius 1 is 1.00 bits per heavy atom. The fourth-order valence-corrected chi connectivity index (χ4v) is 4.08. The minimum Gasteiger partial charge on any atom is -0.488 e. The highest BCUT2D eigenvalue weighted by atomic mass is 127. The Labute approximate surface area is 206 Å². The normalized spacial score (nSPS) is 14.7. The summed E-state index contributed by atoms with van der Waals surface area (Å²) >= 11 is 5.59. The first-order chi connectivity index (χ1) is 15.4. The van der Waals surface area contributed by atoms with Crippen LogP contribution in [0.2, 0.25) is 0 Å². The Balaban J connectivity index is 1.44. The van der Waals surface area contributed by atoms with Crippen molar-refractivity contribution in [2.45, 2.75) is 13.2 Å². The van der Waals surface area contributed by atoms with Gasteiger partial charge in [0.15, 0.2) is 0 Å². The van der Waals surface area contributed by atoms with E-state index in [1.54, 1.807) is 18.2 Å². The summed E-state index contributed by atoms with van der Waals surface area (Å²) in [5, 5.41) is 2.61. The highest BCUT2D eigenvalue weighted by Gasteiger charge is 2.33. The van der Waals surface area contributed by atoms with Crippen LogP contribution in [-0.2, 0) is 17.9 Å². The maximum absolute atomic E-state index is 13.1. The third kappa shape index (κ3) is 5.36. The summed E-state index contributed by atoms with van der Waals surface area (Å²) in [6.45, 7) is 0.513. The summed E-state index contributed by atoms with van der Waals surface area (Å²) in [7, 11) is 0. The van der Waals surface area contributed by atoms with Crippen molar-refractivity contribution in [1.29, 1.82) is 0 Å². The molecule has 0 unspecified atom stereocenters. The minimum absolute atomic E-state index is 0.0721. The topological polar surface area (TPSA) is 58.6 Å². The molecule has 1 aliphatic rings. The van der Waals surface area contributed by atoms with Crippen molar-refractivity contribution in [2.24, 2.45) is 0 Å². The molecule has 3 amide bonds. The molecule has 32 heavy (non-hydrogen) atoms. The molecule has 5 nitrogen and oxygen atoms in total. The van der Waals surface area contributed by atoms with E-state index in [0.717, 1.165) is 29.8 Å². The van der Waals surface area contributed by atoms with Crippen LogP contribution in [0.25, 0.3) is 6.08 Å². The summed E-state index contributed by atoms with van der Waals surface area (Å²) in [6, 6.07) is 18.6. The molecular weight excluding hydrogens is 590 g/mol. The largest absolute Gasteiger partial charge is 0.488 e. The van der Waals surface area contributed by atoms with Gasteiger partial charge in [-0.3, -0.25) is 9.69 Å². The van der Waals surface area contributed by atoms with E-state index in [9.17, 15) is 14.0 Å². The molecule has 0 aromatic heterocycles. The number of imide groups is 1. The molecule has 0 bridgehead atoms. The van der Waals surface area contributed by atoms with Crippen LogP contribution in [0, 0.1) is 9.39 Å². The lowest BCUT2D eigenvalue weighted by Gasteiger charge is -2.11. The molecule has 1 heterocycles. The molecule has 0 aliphatic carbocycles. The van der Waals surface area contributed by atoms with Gasteiger partial charge in [0.05, 0.1) is 10.1 Å². The molecule has 1 saturated heterocycles. The maximum atomic E-state index is 13.1. The second-order valence-corrected chi connectivity index (χ2v) is 9.19. The van der Waals surface area contributed by atoms with Gasteiger partial charge in [-0.15, -0.1) is 0 Å². The number of hydrogen-bond acceptors (Lipinski definition) is 3. The molecule has 8 heteroatoms. The quantitative estimate of drug-likeness (QED) is 0.217.